The topological polar surface area (TPSA) is 28.2 Å². The summed E-state index contributed by atoms with van der Waals surface area (Å²) in [6.07, 6.45) is 3.64. The molecule has 0 bridgehead atoms. The molecule has 110 valence electrons. The summed E-state index contributed by atoms with van der Waals surface area (Å²) in [5.74, 6) is -0.191. The molecule has 1 unspecified atom stereocenters. The van der Waals surface area contributed by atoms with Gasteiger partial charge in [0.1, 0.15) is 5.82 Å². The summed E-state index contributed by atoms with van der Waals surface area (Å²) in [5.41, 5.74) is 2.22. The lowest BCUT2D eigenvalue weighted by Crippen LogP contribution is -2.45. The Bertz CT molecular complexity index is 606. The van der Waals surface area contributed by atoms with Crippen molar-refractivity contribution in [1.29, 1.82) is 0 Å². The largest absolute Gasteiger partial charge is 0.314 e. The van der Waals surface area contributed by atoms with Gasteiger partial charge in [0.25, 0.3) is 0 Å². The molecule has 1 saturated heterocycles. The van der Waals surface area contributed by atoms with E-state index in [0.29, 0.717) is 0 Å². The Morgan fingerprint density at radius 2 is 2.10 bits per heavy atom. The molecule has 2 heterocycles. The van der Waals surface area contributed by atoms with Crippen LogP contribution in [0.25, 0.3) is 0 Å². The fourth-order valence-electron chi connectivity index (χ4n) is 2.73. The first-order chi connectivity index (χ1) is 10.2. The van der Waals surface area contributed by atoms with E-state index in [0.717, 1.165) is 36.2 Å². The highest BCUT2D eigenvalue weighted by molar-refractivity contribution is 9.10. The molecule has 0 amide bonds. The molecule has 0 saturated carbocycles. The van der Waals surface area contributed by atoms with Crippen molar-refractivity contribution in [1.82, 2.24) is 15.2 Å². The molecule has 1 aliphatic heterocycles. The molecule has 0 spiro atoms. The van der Waals surface area contributed by atoms with Gasteiger partial charge in [-0.2, -0.15) is 0 Å². The second-order valence-electron chi connectivity index (χ2n) is 5.21. The molecule has 3 nitrogen and oxygen atoms in total. The highest BCUT2D eigenvalue weighted by Gasteiger charge is 2.24. The SMILES string of the molecule is Fc1ccc(Br)c(CN2CCNCC2c2ccncc2)c1. The third kappa shape index (κ3) is 3.48. The minimum Gasteiger partial charge on any atom is -0.314 e. The minimum absolute atomic E-state index is 0.191. The number of hydrogen-bond acceptors (Lipinski definition) is 3. The van der Waals surface area contributed by atoms with Gasteiger partial charge in [0.15, 0.2) is 0 Å². The molecular weight excluding hydrogens is 333 g/mol. The van der Waals surface area contributed by atoms with Crippen LogP contribution >= 0.6 is 15.9 Å². The van der Waals surface area contributed by atoms with Crippen LogP contribution in [0.5, 0.6) is 0 Å². The van der Waals surface area contributed by atoms with E-state index in [1.54, 1.807) is 12.1 Å². The second kappa shape index (κ2) is 6.64. The van der Waals surface area contributed by atoms with Crippen molar-refractivity contribution < 1.29 is 4.39 Å². The Balaban J connectivity index is 1.83. The molecule has 1 aromatic carbocycles. The summed E-state index contributed by atoms with van der Waals surface area (Å²) in [5, 5.41) is 3.43. The van der Waals surface area contributed by atoms with Gasteiger partial charge in [-0.25, -0.2) is 4.39 Å². The number of benzene rings is 1. The van der Waals surface area contributed by atoms with Crippen LogP contribution in [0.1, 0.15) is 17.2 Å². The Morgan fingerprint density at radius 1 is 1.29 bits per heavy atom. The van der Waals surface area contributed by atoms with Gasteiger partial charge in [-0.15, -0.1) is 0 Å². The third-order valence-corrected chi connectivity index (χ3v) is 4.60. The van der Waals surface area contributed by atoms with Gasteiger partial charge in [0.05, 0.1) is 0 Å². The van der Waals surface area contributed by atoms with Crippen molar-refractivity contribution in [3.63, 3.8) is 0 Å². The standard InChI is InChI=1S/C16H17BrFN3/c17-15-2-1-14(18)9-13(15)11-21-8-7-20-10-16(21)12-3-5-19-6-4-12/h1-6,9,16,20H,7-8,10-11H2. The summed E-state index contributed by atoms with van der Waals surface area (Å²) in [6.45, 7) is 3.52. The van der Waals surface area contributed by atoms with Crippen LogP contribution in [0.2, 0.25) is 0 Å². The lowest BCUT2D eigenvalue weighted by atomic mass is 10.0. The highest BCUT2D eigenvalue weighted by atomic mass is 79.9. The first kappa shape index (κ1) is 14.6. The minimum atomic E-state index is -0.191. The van der Waals surface area contributed by atoms with Gasteiger partial charge in [-0.3, -0.25) is 9.88 Å². The predicted molar refractivity (Wildman–Crippen MR) is 84.4 cm³/mol. The summed E-state index contributed by atoms with van der Waals surface area (Å²) < 4.78 is 14.4. The van der Waals surface area contributed by atoms with Crippen LogP contribution in [0.15, 0.2) is 47.2 Å². The van der Waals surface area contributed by atoms with Gasteiger partial charge < -0.3 is 5.32 Å². The van der Waals surface area contributed by atoms with E-state index in [-0.39, 0.29) is 11.9 Å². The number of aromatic nitrogens is 1. The van der Waals surface area contributed by atoms with Gasteiger partial charge >= 0.3 is 0 Å². The van der Waals surface area contributed by atoms with Gasteiger partial charge in [0, 0.05) is 49.1 Å². The Morgan fingerprint density at radius 3 is 2.90 bits per heavy atom. The van der Waals surface area contributed by atoms with E-state index in [9.17, 15) is 4.39 Å². The number of piperazine rings is 1. The van der Waals surface area contributed by atoms with Crippen LogP contribution in [-0.4, -0.2) is 29.5 Å². The van der Waals surface area contributed by atoms with Gasteiger partial charge in [0.2, 0.25) is 0 Å². The lowest BCUT2D eigenvalue weighted by molar-refractivity contribution is 0.153. The molecule has 5 heteroatoms. The summed E-state index contributed by atoms with van der Waals surface area (Å²) in [6, 6.07) is 9.24. The van der Waals surface area contributed by atoms with Gasteiger partial charge in [-0.1, -0.05) is 15.9 Å². The van der Waals surface area contributed by atoms with E-state index in [4.69, 9.17) is 0 Å². The van der Waals surface area contributed by atoms with Crippen molar-refractivity contribution in [2.75, 3.05) is 19.6 Å². The number of halogens is 2. The summed E-state index contributed by atoms with van der Waals surface area (Å²) in [7, 11) is 0. The quantitative estimate of drug-likeness (QED) is 0.922. The average Bonchev–Trinajstić information content (AvgIpc) is 2.52. The van der Waals surface area contributed by atoms with Crippen molar-refractivity contribution in [3.05, 3.63) is 64.1 Å². The number of nitrogens with zero attached hydrogens (tertiary/aromatic N) is 2. The number of pyridine rings is 1. The van der Waals surface area contributed by atoms with Crippen LogP contribution in [0, 0.1) is 5.82 Å². The van der Waals surface area contributed by atoms with E-state index < -0.39 is 0 Å². The molecule has 1 atom stereocenters. The number of rotatable bonds is 3. The third-order valence-electron chi connectivity index (χ3n) is 3.83. The van der Waals surface area contributed by atoms with Crippen LogP contribution in [0.4, 0.5) is 4.39 Å². The maximum Gasteiger partial charge on any atom is 0.123 e. The normalized spacial score (nSPS) is 19.6. The van der Waals surface area contributed by atoms with E-state index in [1.165, 1.54) is 11.6 Å². The zero-order chi connectivity index (χ0) is 14.7. The van der Waals surface area contributed by atoms with Crippen molar-refractivity contribution in [3.8, 4) is 0 Å². The highest BCUT2D eigenvalue weighted by Crippen LogP contribution is 2.26. The summed E-state index contributed by atoms with van der Waals surface area (Å²) >= 11 is 3.51. The molecule has 1 N–H and O–H groups in total. The Hall–Kier alpha value is -1.30. The smallest absolute Gasteiger partial charge is 0.123 e. The fraction of sp³-hybridized carbons (Fsp3) is 0.312. The van der Waals surface area contributed by atoms with Crippen molar-refractivity contribution >= 4 is 15.9 Å². The lowest BCUT2D eigenvalue weighted by Gasteiger charge is -2.36. The molecular formula is C16H17BrFN3. The first-order valence-electron chi connectivity index (χ1n) is 7.02. The molecule has 0 aliphatic carbocycles. The second-order valence-corrected chi connectivity index (χ2v) is 6.06. The molecule has 21 heavy (non-hydrogen) atoms. The molecule has 1 aromatic heterocycles. The number of nitrogens with one attached hydrogen (secondary N) is 1. The van der Waals surface area contributed by atoms with Crippen LogP contribution in [0.3, 0.4) is 0 Å². The Labute approximate surface area is 132 Å². The Kier molecular flexibility index (Phi) is 4.63. The predicted octanol–water partition coefficient (Wildman–Crippen LogP) is 3.13. The molecule has 1 aliphatic rings. The van der Waals surface area contributed by atoms with Gasteiger partial charge in [-0.05, 0) is 41.5 Å². The fourth-order valence-corrected chi connectivity index (χ4v) is 3.11. The zero-order valence-electron chi connectivity index (χ0n) is 11.6. The van der Waals surface area contributed by atoms with Crippen LogP contribution in [-0.2, 0) is 6.54 Å². The van der Waals surface area contributed by atoms with E-state index in [2.05, 4.69) is 31.1 Å². The van der Waals surface area contributed by atoms with Crippen molar-refractivity contribution in [2.24, 2.45) is 0 Å². The van der Waals surface area contributed by atoms with E-state index in [1.807, 2.05) is 24.5 Å². The molecule has 1 fully saturated rings. The van der Waals surface area contributed by atoms with E-state index >= 15 is 0 Å². The first-order valence-corrected chi connectivity index (χ1v) is 7.82. The van der Waals surface area contributed by atoms with Crippen molar-refractivity contribution in [2.45, 2.75) is 12.6 Å². The zero-order valence-corrected chi connectivity index (χ0v) is 13.2. The average molecular weight is 350 g/mol. The summed E-state index contributed by atoms with van der Waals surface area (Å²) in [4.78, 5) is 6.46. The molecule has 3 rings (SSSR count). The molecule has 0 radical (unpaired) electrons. The van der Waals surface area contributed by atoms with Crippen LogP contribution < -0.4 is 5.32 Å². The monoisotopic (exact) mass is 349 g/mol. The molecule has 2 aromatic rings. The number of hydrogen-bond donors (Lipinski definition) is 1. The maximum atomic E-state index is 13.5. The maximum absolute atomic E-state index is 13.5.